The molecule has 0 saturated heterocycles. The van der Waals surface area contributed by atoms with E-state index in [2.05, 4.69) is 5.32 Å². The molecule has 0 aliphatic heterocycles. The number of carbonyl (C=O) groups is 1. The molecule has 1 aliphatic rings. The molecule has 1 fully saturated rings. The minimum absolute atomic E-state index is 0.0195. The molecular weight excluding hydrogens is 178 g/mol. The van der Waals surface area contributed by atoms with E-state index in [0.29, 0.717) is 17.4 Å². The molecule has 4 heteroatoms. The van der Waals surface area contributed by atoms with E-state index in [1.165, 1.54) is 6.42 Å². The van der Waals surface area contributed by atoms with Gasteiger partial charge in [-0.15, -0.1) is 0 Å². The summed E-state index contributed by atoms with van der Waals surface area (Å²) >= 11 is 0. The lowest BCUT2D eigenvalue weighted by atomic mass is 9.93. The van der Waals surface area contributed by atoms with Gasteiger partial charge in [0.2, 0.25) is 0 Å². The maximum atomic E-state index is 11.7. The van der Waals surface area contributed by atoms with Crippen LogP contribution in [0.25, 0.3) is 0 Å². The van der Waals surface area contributed by atoms with Crippen molar-refractivity contribution in [1.82, 2.24) is 9.88 Å². The highest BCUT2D eigenvalue weighted by Gasteiger charge is 2.21. The van der Waals surface area contributed by atoms with Crippen LogP contribution in [0.3, 0.4) is 0 Å². The zero-order chi connectivity index (χ0) is 10.1. The molecule has 1 aromatic heterocycles. The minimum atomic E-state index is -0.0195. The molecule has 1 aromatic rings. The van der Waals surface area contributed by atoms with Gasteiger partial charge >= 0.3 is 0 Å². The lowest BCUT2D eigenvalue weighted by Crippen LogP contribution is -2.40. The van der Waals surface area contributed by atoms with Gasteiger partial charge in [-0.25, -0.2) is 0 Å². The van der Waals surface area contributed by atoms with Crippen molar-refractivity contribution < 1.29 is 4.79 Å². The van der Waals surface area contributed by atoms with Gasteiger partial charge in [0.1, 0.15) is 5.69 Å². The maximum absolute atomic E-state index is 11.7. The Morgan fingerprint density at radius 3 is 2.79 bits per heavy atom. The maximum Gasteiger partial charge on any atom is 0.268 e. The van der Waals surface area contributed by atoms with E-state index in [1.54, 1.807) is 16.8 Å². The monoisotopic (exact) mass is 193 g/mol. The van der Waals surface area contributed by atoms with Crippen LogP contribution in [-0.2, 0) is 7.05 Å². The standard InChI is InChI=1S/C10H15N3O/c1-13-6-7(11)5-9(13)10(14)12-8-3-2-4-8/h5-6,8H,2-4,11H2,1H3,(H,12,14). The molecule has 0 spiro atoms. The van der Waals surface area contributed by atoms with Crippen molar-refractivity contribution in [2.24, 2.45) is 7.05 Å². The van der Waals surface area contributed by atoms with E-state index in [-0.39, 0.29) is 5.91 Å². The first kappa shape index (κ1) is 9.12. The molecule has 1 heterocycles. The summed E-state index contributed by atoms with van der Waals surface area (Å²) < 4.78 is 1.75. The molecule has 14 heavy (non-hydrogen) atoms. The van der Waals surface area contributed by atoms with E-state index in [1.807, 2.05) is 7.05 Å². The Morgan fingerprint density at radius 2 is 2.36 bits per heavy atom. The summed E-state index contributed by atoms with van der Waals surface area (Å²) in [5.74, 6) is -0.0195. The van der Waals surface area contributed by atoms with Crippen molar-refractivity contribution in [2.45, 2.75) is 25.3 Å². The highest BCUT2D eigenvalue weighted by Crippen LogP contribution is 2.19. The normalized spacial score (nSPS) is 16.4. The van der Waals surface area contributed by atoms with Gasteiger partial charge in [0.05, 0.1) is 5.69 Å². The first-order chi connectivity index (χ1) is 6.66. The smallest absolute Gasteiger partial charge is 0.268 e. The van der Waals surface area contributed by atoms with E-state index in [9.17, 15) is 4.79 Å². The van der Waals surface area contributed by atoms with Crippen LogP contribution in [-0.4, -0.2) is 16.5 Å². The molecule has 0 bridgehead atoms. The molecule has 2 rings (SSSR count). The second-order valence-electron chi connectivity index (χ2n) is 3.87. The topological polar surface area (TPSA) is 60.0 Å². The molecule has 0 aromatic carbocycles. The highest BCUT2D eigenvalue weighted by atomic mass is 16.2. The number of nitrogens with two attached hydrogens (primary N) is 1. The lowest BCUT2D eigenvalue weighted by molar-refractivity contribution is 0.0908. The van der Waals surface area contributed by atoms with E-state index in [4.69, 9.17) is 5.73 Å². The quantitative estimate of drug-likeness (QED) is 0.732. The summed E-state index contributed by atoms with van der Waals surface area (Å²) in [6, 6.07) is 2.08. The predicted octanol–water partition coefficient (Wildman–Crippen LogP) is 0.890. The van der Waals surface area contributed by atoms with Crippen molar-refractivity contribution in [3.05, 3.63) is 18.0 Å². The third-order valence-electron chi connectivity index (χ3n) is 2.70. The van der Waals surface area contributed by atoms with Gasteiger partial charge in [0.15, 0.2) is 0 Å². The first-order valence-corrected chi connectivity index (χ1v) is 4.89. The molecular formula is C10H15N3O. The molecule has 1 saturated carbocycles. The Kier molecular flexibility index (Phi) is 2.19. The predicted molar refractivity (Wildman–Crippen MR) is 54.9 cm³/mol. The Morgan fingerprint density at radius 1 is 1.64 bits per heavy atom. The van der Waals surface area contributed by atoms with E-state index < -0.39 is 0 Å². The van der Waals surface area contributed by atoms with Gasteiger partial charge in [0.25, 0.3) is 5.91 Å². The summed E-state index contributed by atoms with van der Waals surface area (Å²) in [4.78, 5) is 11.7. The van der Waals surface area contributed by atoms with E-state index >= 15 is 0 Å². The van der Waals surface area contributed by atoms with Crippen molar-refractivity contribution in [3.8, 4) is 0 Å². The van der Waals surface area contributed by atoms with Crippen LogP contribution >= 0.6 is 0 Å². The zero-order valence-corrected chi connectivity index (χ0v) is 8.29. The van der Waals surface area contributed by atoms with Crippen LogP contribution in [0.4, 0.5) is 5.69 Å². The second kappa shape index (κ2) is 3.36. The number of nitrogens with zero attached hydrogens (tertiary/aromatic N) is 1. The van der Waals surface area contributed by atoms with Gasteiger partial charge in [-0.1, -0.05) is 0 Å². The summed E-state index contributed by atoms with van der Waals surface area (Å²) in [5.41, 5.74) is 6.86. The number of nitrogens with one attached hydrogen (secondary N) is 1. The molecule has 0 atom stereocenters. The molecule has 76 valence electrons. The number of nitrogen functional groups attached to an aromatic ring is 1. The minimum Gasteiger partial charge on any atom is -0.397 e. The number of amides is 1. The van der Waals surface area contributed by atoms with Gasteiger partial charge in [0, 0.05) is 19.3 Å². The highest BCUT2D eigenvalue weighted by molar-refractivity contribution is 5.94. The van der Waals surface area contributed by atoms with Crippen LogP contribution in [0.15, 0.2) is 12.3 Å². The van der Waals surface area contributed by atoms with E-state index in [0.717, 1.165) is 12.8 Å². The fourth-order valence-corrected chi connectivity index (χ4v) is 1.63. The van der Waals surface area contributed by atoms with Gasteiger partial charge in [-0.2, -0.15) is 0 Å². The van der Waals surface area contributed by atoms with Crippen LogP contribution in [0, 0.1) is 0 Å². The van der Waals surface area contributed by atoms with Crippen molar-refractivity contribution in [1.29, 1.82) is 0 Å². The van der Waals surface area contributed by atoms with Crippen LogP contribution in [0.1, 0.15) is 29.8 Å². The van der Waals surface area contributed by atoms with Crippen LogP contribution in [0.2, 0.25) is 0 Å². The van der Waals surface area contributed by atoms with Crippen LogP contribution < -0.4 is 11.1 Å². The zero-order valence-electron chi connectivity index (χ0n) is 8.29. The van der Waals surface area contributed by atoms with Gasteiger partial charge < -0.3 is 15.6 Å². The Balaban J connectivity index is 2.06. The van der Waals surface area contributed by atoms with Gasteiger partial charge in [-0.3, -0.25) is 4.79 Å². The third kappa shape index (κ3) is 1.60. The number of carbonyl (C=O) groups excluding carboxylic acids is 1. The average Bonchev–Trinajstić information content (AvgIpc) is 2.37. The fourth-order valence-electron chi connectivity index (χ4n) is 1.63. The Bertz CT molecular complexity index is 352. The number of aryl methyl sites for hydroxylation is 1. The number of aromatic nitrogens is 1. The Hall–Kier alpha value is -1.45. The number of hydrogen-bond donors (Lipinski definition) is 2. The Labute approximate surface area is 83.1 Å². The van der Waals surface area contributed by atoms with Crippen molar-refractivity contribution in [2.75, 3.05) is 5.73 Å². The molecule has 1 amide bonds. The number of hydrogen-bond acceptors (Lipinski definition) is 2. The summed E-state index contributed by atoms with van der Waals surface area (Å²) in [6.07, 6.45) is 5.17. The SMILES string of the molecule is Cn1cc(N)cc1C(=O)NC1CCC1. The molecule has 0 unspecified atom stereocenters. The summed E-state index contributed by atoms with van der Waals surface area (Å²) in [7, 11) is 1.83. The molecule has 1 aliphatic carbocycles. The summed E-state index contributed by atoms with van der Waals surface area (Å²) in [5, 5.41) is 2.97. The third-order valence-corrected chi connectivity index (χ3v) is 2.70. The van der Waals surface area contributed by atoms with Crippen LogP contribution in [0.5, 0.6) is 0 Å². The summed E-state index contributed by atoms with van der Waals surface area (Å²) in [6.45, 7) is 0. The first-order valence-electron chi connectivity index (χ1n) is 4.89. The molecule has 0 radical (unpaired) electrons. The molecule has 4 nitrogen and oxygen atoms in total. The largest absolute Gasteiger partial charge is 0.397 e. The lowest BCUT2D eigenvalue weighted by Gasteiger charge is -2.26. The second-order valence-corrected chi connectivity index (χ2v) is 3.87. The van der Waals surface area contributed by atoms with Crippen molar-refractivity contribution >= 4 is 11.6 Å². The van der Waals surface area contributed by atoms with Gasteiger partial charge in [-0.05, 0) is 25.3 Å². The average molecular weight is 193 g/mol. The fraction of sp³-hybridized carbons (Fsp3) is 0.500. The van der Waals surface area contributed by atoms with Crippen molar-refractivity contribution in [3.63, 3.8) is 0 Å². The number of rotatable bonds is 2. The molecule has 3 N–H and O–H groups in total. The number of anilines is 1.